The maximum Gasteiger partial charge on any atom is 0.257 e. The number of nitrogens with zero attached hydrogens (tertiary/aromatic N) is 1. The highest BCUT2D eigenvalue weighted by Gasteiger charge is 2.16. The van der Waals surface area contributed by atoms with Gasteiger partial charge in [0, 0.05) is 24.1 Å². The van der Waals surface area contributed by atoms with Crippen molar-refractivity contribution >= 4 is 23.2 Å². The zero-order valence-electron chi connectivity index (χ0n) is 14.0. The lowest BCUT2D eigenvalue weighted by Gasteiger charge is -2.09. The molecule has 0 saturated carbocycles. The van der Waals surface area contributed by atoms with Crippen LogP contribution in [0.1, 0.15) is 20.7 Å². The van der Waals surface area contributed by atoms with Crippen molar-refractivity contribution < 1.29 is 27.2 Å². The second kappa shape index (κ2) is 7.87. The second-order valence-corrected chi connectivity index (χ2v) is 5.60. The smallest absolute Gasteiger partial charge is 0.257 e. The molecule has 3 rings (SSSR count). The van der Waals surface area contributed by atoms with E-state index in [1.165, 1.54) is 0 Å². The van der Waals surface area contributed by atoms with Gasteiger partial charge in [0.2, 0.25) is 0 Å². The Balaban J connectivity index is 1.78. The van der Waals surface area contributed by atoms with Crippen LogP contribution in [0.2, 0.25) is 0 Å². The quantitative estimate of drug-likeness (QED) is 0.659. The molecule has 1 aromatic heterocycles. The van der Waals surface area contributed by atoms with Crippen LogP contribution in [0.3, 0.4) is 0 Å². The van der Waals surface area contributed by atoms with Crippen LogP contribution < -0.4 is 10.6 Å². The predicted molar refractivity (Wildman–Crippen MR) is 92.9 cm³/mol. The third-order valence-electron chi connectivity index (χ3n) is 3.64. The topological polar surface area (TPSA) is 71.1 Å². The van der Waals surface area contributed by atoms with Crippen molar-refractivity contribution in [2.45, 2.75) is 0 Å². The van der Waals surface area contributed by atoms with Crippen molar-refractivity contribution in [3.63, 3.8) is 0 Å². The van der Waals surface area contributed by atoms with E-state index in [9.17, 15) is 27.2 Å². The van der Waals surface area contributed by atoms with Gasteiger partial charge in [-0.25, -0.2) is 17.6 Å². The molecule has 0 aliphatic rings. The van der Waals surface area contributed by atoms with Crippen LogP contribution in [0, 0.1) is 23.3 Å². The van der Waals surface area contributed by atoms with Gasteiger partial charge in [-0.2, -0.15) is 0 Å². The number of hydrogen-bond acceptors (Lipinski definition) is 3. The maximum absolute atomic E-state index is 13.6. The Kier molecular flexibility index (Phi) is 5.35. The summed E-state index contributed by atoms with van der Waals surface area (Å²) >= 11 is 0. The summed E-state index contributed by atoms with van der Waals surface area (Å²) in [7, 11) is 0. The molecule has 3 aromatic rings. The largest absolute Gasteiger partial charge is 0.322 e. The van der Waals surface area contributed by atoms with Crippen molar-refractivity contribution in [3.05, 3.63) is 89.3 Å². The zero-order chi connectivity index (χ0) is 20.3. The van der Waals surface area contributed by atoms with Crippen LogP contribution in [-0.4, -0.2) is 16.8 Å². The standard InChI is InChI=1S/C19H11F4N3O2/c20-13-5-4-12(7-16(13)23)25-18(27)10-6-11(9-24-8-10)19(28)26-17-14(21)2-1-3-15(17)22/h1-9H,(H,25,27)(H,26,28). The summed E-state index contributed by atoms with van der Waals surface area (Å²) in [6.07, 6.45) is 2.23. The molecule has 0 unspecified atom stereocenters. The van der Waals surface area contributed by atoms with E-state index in [2.05, 4.69) is 15.6 Å². The normalized spacial score (nSPS) is 10.4. The summed E-state index contributed by atoms with van der Waals surface area (Å²) in [5, 5.41) is 4.40. The van der Waals surface area contributed by atoms with Crippen molar-refractivity contribution in [1.82, 2.24) is 4.98 Å². The van der Waals surface area contributed by atoms with Gasteiger partial charge >= 0.3 is 0 Å². The molecule has 2 amide bonds. The number of halogens is 4. The second-order valence-electron chi connectivity index (χ2n) is 5.60. The zero-order valence-corrected chi connectivity index (χ0v) is 14.0. The summed E-state index contributed by atoms with van der Waals surface area (Å²) in [6, 6.07) is 7.02. The number of benzene rings is 2. The molecule has 0 aliphatic heterocycles. The number of rotatable bonds is 4. The van der Waals surface area contributed by atoms with Crippen LogP contribution in [0.15, 0.2) is 54.9 Å². The van der Waals surface area contributed by atoms with E-state index in [0.29, 0.717) is 0 Å². The average Bonchev–Trinajstić information content (AvgIpc) is 2.67. The van der Waals surface area contributed by atoms with E-state index >= 15 is 0 Å². The Labute approximate surface area is 156 Å². The highest BCUT2D eigenvalue weighted by atomic mass is 19.2. The average molecular weight is 389 g/mol. The SMILES string of the molecule is O=C(Nc1ccc(F)c(F)c1)c1cncc(C(=O)Nc2c(F)cccc2F)c1. The molecule has 2 N–H and O–H groups in total. The third kappa shape index (κ3) is 4.14. The van der Waals surface area contributed by atoms with Gasteiger partial charge in [-0.15, -0.1) is 0 Å². The van der Waals surface area contributed by atoms with Crippen molar-refractivity contribution in [2.24, 2.45) is 0 Å². The number of para-hydroxylation sites is 1. The first-order valence-electron chi connectivity index (χ1n) is 7.82. The van der Waals surface area contributed by atoms with Crippen LogP contribution in [0.4, 0.5) is 28.9 Å². The molecule has 5 nitrogen and oxygen atoms in total. The first kappa shape index (κ1) is 19.0. The molecule has 0 radical (unpaired) electrons. The lowest BCUT2D eigenvalue weighted by Crippen LogP contribution is -2.17. The Bertz CT molecular complexity index is 1050. The van der Waals surface area contributed by atoms with Crippen molar-refractivity contribution in [2.75, 3.05) is 10.6 Å². The van der Waals surface area contributed by atoms with Gasteiger partial charge in [0.1, 0.15) is 17.3 Å². The first-order chi connectivity index (χ1) is 13.3. The molecule has 0 fully saturated rings. The van der Waals surface area contributed by atoms with Gasteiger partial charge in [-0.3, -0.25) is 14.6 Å². The van der Waals surface area contributed by atoms with Gasteiger partial charge in [-0.1, -0.05) is 6.07 Å². The Morgan fingerprint density at radius 1 is 0.714 bits per heavy atom. The molecule has 142 valence electrons. The third-order valence-corrected chi connectivity index (χ3v) is 3.64. The maximum atomic E-state index is 13.6. The molecule has 1 heterocycles. The van der Waals surface area contributed by atoms with E-state index in [4.69, 9.17) is 0 Å². The lowest BCUT2D eigenvalue weighted by atomic mass is 10.1. The molecule has 9 heteroatoms. The molecule has 0 saturated heterocycles. The van der Waals surface area contributed by atoms with Gasteiger partial charge in [-0.05, 0) is 30.3 Å². The van der Waals surface area contributed by atoms with E-state index < -0.39 is 40.8 Å². The molecule has 0 aliphatic carbocycles. The van der Waals surface area contributed by atoms with Crippen LogP contribution in [0.25, 0.3) is 0 Å². The van der Waals surface area contributed by atoms with E-state index in [1.807, 2.05) is 0 Å². The molecule has 2 aromatic carbocycles. The fourth-order valence-electron chi connectivity index (χ4n) is 2.27. The van der Waals surface area contributed by atoms with Gasteiger partial charge < -0.3 is 10.6 Å². The number of pyridine rings is 1. The number of anilines is 2. The van der Waals surface area contributed by atoms with Gasteiger partial charge in [0.25, 0.3) is 11.8 Å². The van der Waals surface area contributed by atoms with Crippen LogP contribution >= 0.6 is 0 Å². The number of carbonyl (C=O) groups is 2. The van der Waals surface area contributed by atoms with E-state index in [0.717, 1.165) is 54.9 Å². The minimum absolute atomic E-state index is 0.00724. The molecule has 28 heavy (non-hydrogen) atoms. The minimum Gasteiger partial charge on any atom is -0.322 e. The molecular formula is C19H11F4N3O2. The van der Waals surface area contributed by atoms with E-state index in [-0.39, 0.29) is 16.8 Å². The number of nitrogens with one attached hydrogen (secondary N) is 2. The molecule has 0 atom stereocenters. The number of carbonyl (C=O) groups excluding carboxylic acids is 2. The Hall–Kier alpha value is -3.75. The van der Waals surface area contributed by atoms with Crippen molar-refractivity contribution in [1.29, 1.82) is 0 Å². The number of hydrogen-bond donors (Lipinski definition) is 2. The monoisotopic (exact) mass is 389 g/mol. The summed E-state index contributed by atoms with van der Waals surface area (Å²) in [4.78, 5) is 28.2. The van der Waals surface area contributed by atoms with E-state index in [1.54, 1.807) is 0 Å². The molecule has 0 spiro atoms. The number of aromatic nitrogens is 1. The van der Waals surface area contributed by atoms with Gasteiger partial charge in [0.05, 0.1) is 11.1 Å². The molecular weight excluding hydrogens is 378 g/mol. The fraction of sp³-hybridized carbons (Fsp3) is 0. The summed E-state index contributed by atoms with van der Waals surface area (Å²) < 4.78 is 53.5. The minimum atomic E-state index is -1.14. The summed E-state index contributed by atoms with van der Waals surface area (Å²) in [5.41, 5.74) is -0.858. The Morgan fingerprint density at radius 2 is 1.32 bits per heavy atom. The van der Waals surface area contributed by atoms with Crippen LogP contribution in [-0.2, 0) is 0 Å². The fourth-order valence-corrected chi connectivity index (χ4v) is 2.27. The van der Waals surface area contributed by atoms with Gasteiger partial charge in [0.15, 0.2) is 11.6 Å². The summed E-state index contributed by atoms with van der Waals surface area (Å²) in [6.45, 7) is 0. The summed E-state index contributed by atoms with van der Waals surface area (Å²) in [5.74, 6) is -5.78. The highest BCUT2D eigenvalue weighted by molar-refractivity contribution is 6.08. The Morgan fingerprint density at radius 3 is 1.93 bits per heavy atom. The first-order valence-corrected chi connectivity index (χ1v) is 7.82. The predicted octanol–water partition coefficient (Wildman–Crippen LogP) is 4.14. The van der Waals surface area contributed by atoms with Crippen LogP contribution in [0.5, 0.6) is 0 Å². The molecule has 0 bridgehead atoms. The van der Waals surface area contributed by atoms with Crippen molar-refractivity contribution in [3.8, 4) is 0 Å². The highest BCUT2D eigenvalue weighted by Crippen LogP contribution is 2.19. The lowest BCUT2D eigenvalue weighted by molar-refractivity contribution is 0.102. The number of amides is 2.